The molecule has 0 atom stereocenters. The van der Waals surface area contributed by atoms with Gasteiger partial charge in [-0.2, -0.15) is 4.98 Å². The monoisotopic (exact) mass is 213 g/mol. The third-order valence-corrected chi connectivity index (χ3v) is 1.48. The van der Waals surface area contributed by atoms with E-state index in [4.69, 9.17) is 5.73 Å². The molecular weight excluding hydrogens is 202 g/mol. The Hall–Kier alpha value is -1.96. The van der Waals surface area contributed by atoms with Gasteiger partial charge in [0.2, 0.25) is 18.2 Å². The van der Waals surface area contributed by atoms with Gasteiger partial charge in [0.15, 0.2) is 5.82 Å². The lowest BCUT2D eigenvalue weighted by Crippen LogP contribution is -2.39. The van der Waals surface area contributed by atoms with Gasteiger partial charge in [0.1, 0.15) is 0 Å². The smallest absolute Gasteiger partial charge is 0.239 e. The third kappa shape index (κ3) is 4.18. The molecule has 0 radical (unpaired) electrons. The molecule has 0 aliphatic carbocycles. The van der Waals surface area contributed by atoms with Crippen molar-refractivity contribution in [3.05, 3.63) is 12.2 Å². The van der Waals surface area contributed by atoms with E-state index in [-0.39, 0.29) is 31.4 Å². The standard InChI is InChI=1S/C7H11N5O3/c8-1-6(13)10-3-7(14)9-2-5-11-4-15-12-5/h4H,1-3,8H2,(H,9,14)(H,10,13). The fourth-order valence-corrected chi connectivity index (χ4v) is 0.761. The average molecular weight is 213 g/mol. The molecule has 8 heteroatoms. The zero-order chi connectivity index (χ0) is 11.1. The van der Waals surface area contributed by atoms with Crippen molar-refractivity contribution in [2.24, 2.45) is 5.73 Å². The van der Waals surface area contributed by atoms with Gasteiger partial charge in [0.05, 0.1) is 19.6 Å². The van der Waals surface area contributed by atoms with Crippen LogP contribution in [0.4, 0.5) is 0 Å². The summed E-state index contributed by atoms with van der Waals surface area (Å²) in [6, 6.07) is 0. The van der Waals surface area contributed by atoms with E-state index >= 15 is 0 Å². The first kappa shape index (κ1) is 11.1. The minimum atomic E-state index is -0.385. The number of carbonyl (C=O) groups is 2. The first-order chi connectivity index (χ1) is 7.22. The maximum atomic E-state index is 11.1. The number of nitrogens with two attached hydrogens (primary N) is 1. The molecule has 0 aromatic carbocycles. The van der Waals surface area contributed by atoms with Crippen molar-refractivity contribution in [2.45, 2.75) is 6.54 Å². The lowest BCUT2D eigenvalue weighted by atomic mass is 10.5. The second kappa shape index (κ2) is 5.70. The summed E-state index contributed by atoms with van der Waals surface area (Å²) >= 11 is 0. The predicted octanol–water partition coefficient (Wildman–Crippen LogP) is -2.24. The number of amides is 2. The summed E-state index contributed by atoms with van der Waals surface area (Å²) in [6.07, 6.45) is 1.16. The molecule has 0 aliphatic rings. The Labute approximate surface area is 85.2 Å². The van der Waals surface area contributed by atoms with Crippen molar-refractivity contribution in [1.29, 1.82) is 0 Å². The minimum absolute atomic E-state index is 0.117. The maximum absolute atomic E-state index is 11.1. The first-order valence-electron chi connectivity index (χ1n) is 4.21. The highest BCUT2D eigenvalue weighted by molar-refractivity contribution is 5.85. The summed E-state index contributed by atoms with van der Waals surface area (Å²) in [7, 11) is 0. The molecule has 0 saturated carbocycles. The Morgan fingerprint density at radius 2 is 2.20 bits per heavy atom. The molecule has 0 fully saturated rings. The normalized spacial score (nSPS) is 9.67. The second-order valence-corrected chi connectivity index (χ2v) is 2.61. The Morgan fingerprint density at radius 1 is 1.40 bits per heavy atom. The second-order valence-electron chi connectivity index (χ2n) is 2.61. The molecule has 2 amide bonds. The van der Waals surface area contributed by atoms with Crippen LogP contribution in [0.15, 0.2) is 10.9 Å². The Kier molecular flexibility index (Phi) is 4.23. The minimum Gasteiger partial charge on any atom is -0.347 e. The van der Waals surface area contributed by atoms with Gasteiger partial charge in [-0.15, -0.1) is 0 Å². The van der Waals surface area contributed by atoms with Gasteiger partial charge in [-0.3, -0.25) is 9.59 Å². The van der Waals surface area contributed by atoms with Crippen LogP contribution >= 0.6 is 0 Å². The molecule has 1 rings (SSSR count). The summed E-state index contributed by atoms with van der Waals surface area (Å²) in [5.74, 6) is -0.361. The number of rotatable bonds is 5. The highest BCUT2D eigenvalue weighted by Gasteiger charge is 2.04. The van der Waals surface area contributed by atoms with Crippen molar-refractivity contribution in [2.75, 3.05) is 13.1 Å². The summed E-state index contributed by atoms with van der Waals surface area (Å²) in [5, 5.41) is 8.30. The molecule has 4 N–H and O–H groups in total. The van der Waals surface area contributed by atoms with E-state index in [1.54, 1.807) is 0 Å². The number of hydrogen-bond donors (Lipinski definition) is 3. The van der Waals surface area contributed by atoms with E-state index in [0.717, 1.165) is 6.39 Å². The first-order valence-corrected chi connectivity index (χ1v) is 4.21. The fraction of sp³-hybridized carbons (Fsp3) is 0.429. The molecule has 15 heavy (non-hydrogen) atoms. The highest BCUT2D eigenvalue weighted by atomic mass is 16.5. The molecule has 0 aliphatic heterocycles. The van der Waals surface area contributed by atoms with Crippen LogP contribution in [0.5, 0.6) is 0 Å². The van der Waals surface area contributed by atoms with Crippen molar-refractivity contribution in [3.63, 3.8) is 0 Å². The summed E-state index contributed by atoms with van der Waals surface area (Å²) < 4.78 is 4.46. The lowest BCUT2D eigenvalue weighted by molar-refractivity contribution is -0.125. The molecular formula is C7H11N5O3. The van der Waals surface area contributed by atoms with Crippen LogP contribution in [0.25, 0.3) is 0 Å². The highest BCUT2D eigenvalue weighted by Crippen LogP contribution is 1.85. The molecule has 8 nitrogen and oxygen atoms in total. The molecule has 82 valence electrons. The quantitative estimate of drug-likeness (QED) is 0.508. The van der Waals surface area contributed by atoms with E-state index in [1.807, 2.05) is 0 Å². The number of nitrogens with zero attached hydrogens (tertiary/aromatic N) is 2. The largest absolute Gasteiger partial charge is 0.347 e. The van der Waals surface area contributed by atoms with Gasteiger partial charge in [-0.1, -0.05) is 5.16 Å². The van der Waals surface area contributed by atoms with Crippen LogP contribution < -0.4 is 16.4 Å². The van der Waals surface area contributed by atoms with E-state index in [2.05, 4.69) is 25.3 Å². The fourth-order valence-electron chi connectivity index (χ4n) is 0.761. The Balaban J connectivity index is 2.16. The van der Waals surface area contributed by atoms with Crippen LogP contribution in [0.1, 0.15) is 5.82 Å². The molecule has 1 heterocycles. The number of carbonyl (C=O) groups excluding carboxylic acids is 2. The van der Waals surface area contributed by atoms with Crippen molar-refractivity contribution < 1.29 is 14.1 Å². The summed E-state index contributed by atoms with van der Waals surface area (Å²) in [6.45, 7) is -0.0974. The van der Waals surface area contributed by atoms with E-state index in [0.29, 0.717) is 5.82 Å². The van der Waals surface area contributed by atoms with Crippen LogP contribution in [0.3, 0.4) is 0 Å². The van der Waals surface area contributed by atoms with Crippen LogP contribution in [-0.2, 0) is 16.1 Å². The zero-order valence-electron chi connectivity index (χ0n) is 7.90. The number of hydrogen-bond acceptors (Lipinski definition) is 6. The molecule has 0 spiro atoms. The topological polar surface area (TPSA) is 123 Å². The summed E-state index contributed by atoms with van der Waals surface area (Å²) in [5.41, 5.74) is 5.03. The molecule has 0 unspecified atom stereocenters. The van der Waals surface area contributed by atoms with Crippen molar-refractivity contribution >= 4 is 11.8 Å². The van der Waals surface area contributed by atoms with Crippen molar-refractivity contribution in [1.82, 2.24) is 20.8 Å². The molecule has 0 saturated heterocycles. The van der Waals surface area contributed by atoms with Crippen LogP contribution in [-0.4, -0.2) is 35.0 Å². The zero-order valence-corrected chi connectivity index (χ0v) is 7.90. The van der Waals surface area contributed by atoms with Gasteiger partial charge < -0.3 is 20.9 Å². The van der Waals surface area contributed by atoms with Crippen molar-refractivity contribution in [3.8, 4) is 0 Å². The van der Waals surface area contributed by atoms with Gasteiger partial charge in [-0.05, 0) is 0 Å². The van der Waals surface area contributed by atoms with Gasteiger partial charge >= 0.3 is 0 Å². The van der Waals surface area contributed by atoms with Crippen LogP contribution in [0.2, 0.25) is 0 Å². The third-order valence-electron chi connectivity index (χ3n) is 1.48. The molecule has 1 aromatic heterocycles. The predicted molar refractivity (Wildman–Crippen MR) is 48.2 cm³/mol. The van der Waals surface area contributed by atoms with E-state index in [9.17, 15) is 9.59 Å². The molecule has 1 aromatic rings. The van der Waals surface area contributed by atoms with E-state index < -0.39 is 0 Å². The van der Waals surface area contributed by atoms with Gasteiger partial charge in [-0.25, -0.2) is 0 Å². The lowest BCUT2D eigenvalue weighted by Gasteiger charge is -2.03. The van der Waals surface area contributed by atoms with Crippen LogP contribution in [0, 0.1) is 0 Å². The van der Waals surface area contributed by atoms with E-state index in [1.165, 1.54) is 0 Å². The van der Waals surface area contributed by atoms with Gasteiger partial charge in [0.25, 0.3) is 0 Å². The Bertz CT molecular complexity index is 323. The Morgan fingerprint density at radius 3 is 2.80 bits per heavy atom. The van der Waals surface area contributed by atoms with Gasteiger partial charge in [0, 0.05) is 0 Å². The maximum Gasteiger partial charge on any atom is 0.239 e. The number of aromatic nitrogens is 2. The summed E-state index contributed by atoms with van der Waals surface area (Å²) in [4.78, 5) is 25.5. The SMILES string of the molecule is NCC(=O)NCC(=O)NCc1ncon1. The average Bonchev–Trinajstić information content (AvgIpc) is 2.75. The number of nitrogens with one attached hydrogen (secondary N) is 2. The molecule has 0 bridgehead atoms.